The molecule has 0 amide bonds. The van der Waals surface area contributed by atoms with Crippen LogP contribution in [0.3, 0.4) is 0 Å². The molecule has 0 aromatic heterocycles. The number of rotatable bonds is 3. The van der Waals surface area contributed by atoms with Crippen LogP contribution in [0.2, 0.25) is 0 Å². The molecule has 5 saturated carbocycles. The number of carboxylic acids is 1. The smallest absolute Gasteiger partial charge is 0.309 e. The molecular formula is C21H34O4S. The first-order valence-corrected chi connectivity index (χ1v) is 12.1. The maximum atomic E-state index is 12.1. The summed E-state index contributed by atoms with van der Waals surface area (Å²) < 4.78 is 11.9. The van der Waals surface area contributed by atoms with Crippen molar-refractivity contribution in [3.63, 3.8) is 0 Å². The van der Waals surface area contributed by atoms with Gasteiger partial charge in [0.05, 0.1) is 11.5 Å². The second kappa shape index (κ2) is 6.04. The van der Waals surface area contributed by atoms with Crippen molar-refractivity contribution in [2.45, 2.75) is 71.3 Å². The molecule has 5 aliphatic carbocycles. The molecule has 5 fully saturated rings. The van der Waals surface area contributed by atoms with Gasteiger partial charge in [-0.2, -0.15) is 0 Å². The Morgan fingerprint density at radius 2 is 1.81 bits per heavy atom. The van der Waals surface area contributed by atoms with E-state index in [4.69, 9.17) is 0 Å². The Hall–Kier alpha value is -0.420. The lowest BCUT2D eigenvalue weighted by atomic mass is 9.35. The van der Waals surface area contributed by atoms with Crippen molar-refractivity contribution >= 4 is 16.8 Å². The molecule has 0 radical (unpaired) electrons. The molecule has 0 aromatic rings. The second-order valence-corrected chi connectivity index (χ2v) is 11.8. The maximum Gasteiger partial charge on any atom is 0.309 e. The molecule has 0 aliphatic heterocycles. The van der Waals surface area contributed by atoms with Crippen molar-refractivity contribution in [2.24, 2.45) is 39.9 Å². The van der Waals surface area contributed by atoms with Gasteiger partial charge in [-0.05, 0) is 86.4 Å². The minimum Gasteiger partial charge on any atom is -0.481 e. The van der Waals surface area contributed by atoms with Gasteiger partial charge in [-0.25, -0.2) is 0 Å². The Bertz CT molecular complexity index is 636. The Labute approximate surface area is 159 Å². The van der Waals surface area contributed by atoms with Crippen LogP contribution in [0.4, 0.5) is 0 Å². The second-order valence-electron chi connectivity index (χ2n) is 10.3. The Balaban J connectivity index is 1.71. The lowest BCUT2D eigenvalue weighted by molar-refractivity contribution is -0.241. The van der Waals surface area contributed by atoms with Gasteiger partial charge in [0.1, 0.15) is 0 Å². The van der Waals surface area contributed by atoms with E-state index in [0.717, 1.165) is 51.4 Å². The normalized spacial score (nSPS) is 54.2. The lowest BCUT2D eigenvalue weighted by Crippen LogP contribution is -2.67. The number of hydrogen-bond acceptors (Lipinski definition) is 3. The van der Waals surface area contributed by atoms with Crippen LogP contribution in [0.15, 0.2) is 0 Å². The Kier molecular flexibility index (Phi) is 4.39. The van der Waals surface area contributed by atoms with Crippen LogP contribution in [0.25, 0.3) is 0 Å². The van der Waals surface area contributed by atoms with E-state index in [1.165, 1.54) is 0 Å². The summed E-state index contributed by atoms with van der Waals surface area (Å²) in [6.45, 7) is 4.31. The van der Waals surface area contributed by atoms with Crippen molar-refractivity contribution < 1.29 is 19.2 Å². The summed E-state index contributed by atoms with van der Waals surface area (Å²) >= 11 is 0. The highest BCUT2D eigenvalue weighted by atomic mass is 32.2. The van der Waals surface area contributed by atoms with E-state index >= 15 is 0 Å². The summed E-state index contributed by atoms with van der Waals surface area (Å²) in [5.41, 5.74) is -0.680. The molecule has 2 unspecified atom stereocenters. The zero-order chi connectivity index (χ0) is 18.9. The number of carboxylic acid groups (broad SMARTS) is 1. The monoisotopic (exact) mass is 382 g/mol. The Morgan fingerprint density at radius 3 is 2.46 bits per heavy atom. The van der Waals surface area contributed by atoms with Gasteiger partial charge in [0.2, 0.25) is 0 Å². The van der Waals surface area contributed by atoms with Crippen molar-refractivity contribution in [3.05, 3.63) is 0 Å². The molecule has 2 N–H and O–H groups in total. The molecule has 0 saturated heterocycles. The zero-order valence-electron chi connectivity index (χ0n) is 16.4. The summed E-state index contributed by atoms with van der Waals surface area (Å²) in [5.74, 6) is 1.23. The highest BCUT2D eigenvalue weighted by molar-refractivity contribution is 7.84. The molecule has 4 nitrogen and oxygen atoms in total. The van der Waals surface area contributed by atoms with Gasteiger partial charge in [-0.3, -0.25) is 9.00 Å². The van der Waals surface area contributed by atoms with Gasteiger partial charge >= 0.3 is 5.97 Å². The zero-order valence-corrected chi connectivity index (χ0v) is 17.2. The van der Waals surface area contributed by atoms with Crippen LogP contribution in [-0.4, -0.2) is 38.5 Å². The summed E-state index contributed by atoms with van der Waals surface area (Å²) in [4.78, 5) is 12.1. The molecule has 0 aromatic carbocycles. The fourth-order valence-electron chi connectivity index (χ4n) is 8.23. The third kappa shape index (κ3) is 2.35. The third-order valence-corrected chi connectivity index (χ3v) is 10.3. The molecule has 9 atom stereocenters. The quantitative estimate of drug-likeness (QED) is 0.784. The molecule has 5 rings (SSSR count). The van der Waals surface area contributed by atoms with E-state index in [1.54, 1.807) is 6.26 Å². The van der Waals surface area contributed by atoms with Crippen molar-refractivity contribution in [3.8, 4) is 0 Å². The van der Waals surface area contributed by atoms with Crippen molar-refractivity contribution in [1.82, 2.24) is 0 Å². The molecule has 0 heterocycles. The number of aliphatic hydroxyl groups is 1. The SMILES string of the molecule is CS(=O)C[C@H]1[C@H]2CCC3(CC[C@H]4[C@@](C)(CCC[C@@]4(C)C(=O)O)[C@@H]3C2)[C@@H]1O. The first-order valence-electron chi connectivity index (χ1n) is 10.4. The molecule has 5 heteroatoms. The van der Waals surface area contributed by atoms with E-state index in [0.29, 0.717) is 17.6 Å². The van der Waals surface area contributed by atoms with Crippen LogP contribution >= 0.6 is 0 Å². The van der Waals surface area contributed by atoms with Crippen LogP contribution in [0.1, 0.15) is 65.2 Å². The van der Waals surface area contributed by atoms with E-state index in [2.05, 4.69) is 6.92 Å². The summed E-state index contributed by atoms with van der Waals surface area (Å²) in [5, 5.41) is 21.4. The molecule has 148 valence electrons. The highest BCUT2D eigenvalue weighted by Crippen LogP contribution is 2.72. The first kappa shape index (κ1) is 18.9. The van der Waals surface area contributed by atoms with E-state index in [9.17, 15) is 19.2 Å². The van der Waals surface area contributed by atoms with E-state index in [-0.39, 0.29) is 28.8 Å². The Morgan fingerprint density at radius 1 is 1.12 bits per heavy atom. The number of aliphatic carboxylic acids is 1. The fourth-order valence-corrected chi connectivity index (χ4v) is 9.23. The first-order chi connectivity index (χ1) is 12.1. The van der Waals surface area contributed by atoms with Gasteiger partial charge in [0.25, 0.3) is 0 Å². The van der Waals surface area contributed by atoms with Gasteiger partial charge in [-0.15, -0.1) is 0 Å². The fraction of sp³-hybridized carbons (Fsp3) is 0.952. The molecule has 26 heavy (non-hydrogen) atoms. The molecule has 5 aliphatic rings. The number of fused-ring (bicyclic) bond motifs is 3. The predicted octanol–water partition coefficient (Wildman–Crippen LogP) is 3.45. The average Bonchev–Trinajstić information content (AvgIpc) is 2.57. The molecule has 2 bridgehead atoms. The summed E-state index contributed by atoms with van der Waals surface area (Å²) in [6, 6.07) is 0. The highest BCUT2D eigenvalue weighted by Gasteiger charge is 2.68. The standard InChI is InChI=1S/C21H34O4S/c1-19-7-4-8-20(2,18(23)24)15(19)6-10-21-9-5-13(11-16(19)21)14(17(21)22)12-26(3)25/h13-17,22H,4-12H2,1-3H3,(H,23,24)/t13-,14-,15-,16-,17+,19+,20+,21?,26?/m0/s1. The minimum absolute atomic E-state index is 0.0135. The van der Waals surface area contributed by atoms with Gasteiger partial charge in [0.15, 0.2) is 0 Å². The largest absolute Gasteiger partial charge is 0.481 e. The number of hydrogen-bond donors (Lipinski definition) is 2. The van der Waals surface area contributed by atoms with Crippen LogP contribution in [-0.2, 0) is 15.6 Å². The average molecular weight is 383 g/mol. The summed E-state index contributed by atoms with van der Waals surface area (Å²) in [7, 11) is -0.876. The minimum atomic E-state index is -0.876. The molecular weight excluding hydrogens is 348 g/mol. The topological polar surface area (TPSA) is 74.6 Å². The van der Waals surface area contributed by atoms with Crippen molar-refractivity contribution in [2.75, 3.05) is 12.0 Å². The number of carbonyl (C=O) groups is 1. The van der Waals surface area contributed by atoms with Gasteiger partial charge in [0, 0.05) is 22.8 Å². The van der Waals surface area contributed by atoms with E-state index in [1.807, 2.05) is 6.92 Å². The van der Waals surface area contributed by atoms with E-state index < -0.39 is 22.2 Å². The van der Waals surface area contributed by atoms with Gasteiger partial charge in [-0.1, -0.05) is 13.3 Å². The van der Waals surface area contributed by atoms with Crippen LogP contribution in [0, 0.1) is 39.9 Å². The van der Waals surface area contributed by atoms with Crippen LogP contribution < -0.4 is 0 Å². The van der Waals surface area contributed by atoms with Crippen LogP contribution in [0.5, 0.6) is 0 Å². The van der Waals surface area contributed by atoms with Crippen molar-refractivity contribution in [1.29, 1.82) is 0 Å². The third-order valence-electron chi connectivity index (χ3n) is 9.40. The number of aliphatic hydroxyl groups excluding tert-OH is 1. The summed E-state index contributed by atoms with van der Waals surface area (Å²) in [6.07, 6.45) is 9.42. The van der Waals surface area contributed by atoms with Gasteiger partial charge < -0.3 is 10.2 Å². The maximum absolute atomic E-state index is 12.1. The molecule has 1 spiro atoms. The predicted molar refractivity (Wildman–Crippen MR) is 102 cm³/mol. The lowest BCUT2D eigenvalue weighted by Gasteiger charge is -2.69.